The van der Waals surface area contributed by atoms with Crippen molar-refractivity contribution in [1.82, 2.24) is 0 Å². The maximum absolute atomic E-state index is 2.59. The van der Waals surface area contributed by atoms with E-state index in [2.05, 4.69) is 20.0 Å². The quantitative estimate of drug-likeness (QED) is 0.488. The van der Waals surface area contributed by atoms with Gasteiger partial charge in [-0.1, -0.05) is 64.6 Å². The van der Waals surface area contributed by atoms with Gasteiger partial charge in [0.25, 0.3) is 0 Å². The van der Waals surface area contributed by atoms with Crippen LogP contribution >= 0.6 is 0 Å². The SMILES string of the molecule is CC1CCCCCCC[Si]1(C)C. The molecule has 1 fully saturated rings. The maximum Gasteiger partial charge on any atom is 0.0502 e. The minimum absolute atomic E-state index is 0.809. The van der Waals surface area contributed by atoms with Crippen molar-refractivity contribution in [1.29, 1.82) is 0 Å². The van der Waals surface area contributed by atoms with Crippen molar-refractivity contribution < 1.29 is 0 Å². The Bertz CT molecular complexity index is 129. The Morgan fingerprint density at radius 2 is 1.50 bits per heavy atom. The Labute approximate surface area is 78.8 Å². The third-order valence-electron chi connectivity index (χ3n) is 3.79. The predicted molar refractivity (Wildman–Crippen MR) is 59.4 cm³/mol. The number of hydrogen-bond acceptors (Lipinski definition) is 0. The molecule has 0 nitrogen and oxygen atoms in total. The fraction of sp³-hybridized carbons (Fsp3) is 1.00. The molecule has 12 heavy (non-hydrogen) atoms. The summed E-state index contributed by atoms with van der Waals surface area (Å²) < 4.78 is 0. The summed E-state index contributed by atoms with van der Waals surface area (Å²) in [5.41, 5.74) is 1.07. The minimum atomic E-state index is -0.809. The van der Waals surface area contributed by atoms with Gasteiger partial charge in [-0.2, -0.15) is 0 Å². The van der Waals surface area contributed by atoms with E-state index in [1.165, 1.54) is 38.5 Å². The summed E-state index contributed by atoms with van der Waals surface area (Å²) in [6.45, 7) is 7.67. The molecule has 0 bridgehead atoms. The zero-order valence-electron chi connectivity index (χ0n) is 9.03. The molecule has 1 heteroatoms. The maximum atomic E-state index is 2.59. The first-order valence-electron chi connectivity index (χ1n) is 5.63. The zero-order valence-corrected chi connectivity index (χ0v) is 10.0. The molecule has 1 rings (SSSR count). The van der Waals surface area contributed by atoms with Gasteiger partial charge in [0, 0.05) is 0 Å². The van der Waals surface area contributed by atoms with Crippen LogP contribution in [-0.2, 0) is 0 Å². The predicted octanol–water partition coefficient (Wildman–Crippen LogP) is 4.44. The van der Waals surface area contributed by atoms with Gasteiger partial charge >= 0.3 is 0 Å². The second-order valence-corrected chi connectivity index (χ2v) is 10.7. The fourth-order valence-corrected chi connectivity index (χ4v) is 4.84. The lowest BCUT2D eigenvalue weighted by Crippen LogP contribution is -2.30. The molecule has 1 unspecified atom stereocenters. The van der Waals surface area contributed by atoms with E-state index in [9.17, 15) is 0 Å². The molecule has 1 saturated heterocycles. The average molecular weight is 184 g/mol. The first-order chi connectivity index (χ1) is 5.63. The molecular weight excluding hydrogens is 160 g/mol. The Morgan fingerprint density at radius 1 is 0.917 bits per heavy atom. The molecule has 0 aromatic heterocycles. The van der Waals surface area contributed by atoms with Crippen LogP contribution in [0.3, 0.4) is 0 Å². The molecule has 0 spiro atoms. The Morgan fingerprint density at radius 3 is 2.25 bits per heavy atom. The van der Waals surface area contributed by atoms with E-state index < -0.39 is 8.07 Å². The van der Waals surface area contributed by atoms with E-state index in [1.54, 1.807) is 6.04 Å². The molecular formula is C11H24Si. The molecule has 1 aliphatic rings. The summed E-state index contributed by atoms with van der Waals surface area (Å²) >= 11 is 0. The van der Waals surface area contributed by atoms with Gasteiger partial charge in [0.2, 0.25) is 0 Å². The molecule has 1 heterocycles. The second-order valence-electron chi connectivity index (χ2n) is 5.20. The topological polar surface area (TPSA) is 0 Å². The lowest BCUT2D eigenvalue weighted by atomic mass is 10.1. The van der Waals surface area contributed by atoms with Crippen LogP contribution in [0, 0.1) is 0 Å². The second kappa shape index (κ2) is 4.45. The summed E-state index contributed by atoms with van der Waals surface area (Å²) in [6.07, 6.45) is 9.02. The monoisotopic (exact) mass is 184 g/mol. The van der Waals surface area contributed by atoms with E-state index in [0.717, 1.165) is 5.54 Å². The Balaban J connectivity index is 2.47. The van der Waals surface area contributed by atoms with Crippen molar-refractivity contribution in [3.63, 3.8) is 0 Å². The van der Waals surface area contributed by atoms with Crippen LogP contribution in [0.15, 0.2) is 0 Å². The summed E-state index contributed by atoms with van der Waals surface area (Å²) in [5.74, 6) is 0. The summed E-state index contributed by atoms with van der Waals surface area (Å²) in [7, 11) is -0.809. The molecule has 0 radical (unpaired) electrons. The molecule has 1 atom stereocenters. The molecule has 0 aliphatic carbocycles. The highest BCUT2D eigenvalue weighted by atomic mass is 28.3. The lowest BCUT2D eigenvalue weighted by Gasteiger charge is -2.29. The van der Waals surface area contributed by atoms with Gasteiger partial charge in [0.1, 0.15) is 0 Å². The molecule has 0 saturated carbocycles. The highest BCUT2D eigenvalue weighted by molar-refractivity contribution is 6.78. The van der Waals surface area contributed by atoms with Crippen molar-refractivity contribution in [3.8, 4) is 0 Å². The van der Waals surface area contributed by atoms with E-state index in [1.807, 2.05) is 0 Å². The number of hydrogen-bond donors (Lipinski definition) is 0. The van der Waals surface area contributed by atoms with Crippen molar-refractivity contribution in [3.05, 3.63) is 0 Å². The molecule has 0 N–H and O–H groups in total. The van der Waals surface area contributed by atoms with Crippen LogP contribution in [0.2, 0.25) is 24.7 Å². The van der Waals surface area contributed by atoms with Gasteiger partial charge in [-0.3, -0.25) is 0 Å². The molecule has 0 amide bonds. The average Bonchev–Trinajstić information content (AvgIpc) is 2.06. The van der Waals surface area contributed by atoms with Crippen LogP contribution < -0.4 is 0 Å². The summed E-state index contributed by atoms with van der Waals surface area (Å²) in [6, 6.07) is 1.58. The van der Waals surface area contributed by atoms with Crippen molar-refractivity contribution in [2.24, 2.45) is 0 Å². The van der Waals surface area contributed by atoms with Crippen molar-refractivity contribution in [2.45, 2.75) is 70.1 Å². The third kappa shape index (κ3) is 2.93. The zero-order chi connectivity index (χ0) is 9.03. The van der Waals surface area contributed by atoms with Crippen LogP contribution in [0.5, 0.6) is 0 Å². The van der Waals surface area contributed by atoms with Gasteiger partial charge in [-0.15, -0.1) is 0 Å². The van der Waals surface area contributed by atoms with Crippen molar-refractivity contribution >= 4 is 8.07 Å². The molecule has 0 aromatic carbocycles. The van der Waals surface area contributed by atoms with Gasteiger partial charge in [-0.05, 0) is 5.54 Å². The molecule has 0 aromatic rings. The van der Waals surface area contributed by atoms with Gasteiger partial charge < -0.3 is 0 Å². The highest BCUT2D eigenvalue weighted by Crippen LogP contribution is 2.33. The normalized spacial score (nSPS) is 31.8. The summed E-state index contributed by atoms with van der Waals surface area (Å²) in [5, 5.41) is 0. The minimum Gasteiger partial charge on any atom is -0.0692 e. The van der Waals surface area contributed by atoms with E-state index in [0.29, 0.717) is 0 Å². The first-order valence-corrected chi connectivity index (χ1v) is 8.91. The smallest absolute Gasteiger partial charge is 0.0502 e. The van der Waals surface area contributed by atoms with Gasteiger partial charge in [0.15, 0.2) is 0 Å². The van der Waals surface area contributed by atoms with E-state index >= 15 is 0 Å². The van der Waals surface area contributed by atoms with E-state index in [-0.39, 0.29) is 0 Å². The Hall–Kier alpha value is 0.217. The molecule has 72 valence electrons. The van der Waals surface area contributed by atoms with Crippen LogP contribution in [0.25, 0.3) is 0 Å². The van der Waals surface area contributed by atoms with Gasteiger partial charge in [0.05, 0.1) is 8.07 Å². The van der Waals surface area contributed by atoms with Crippen LogP contribution in [0.1, 0.15) is 45.4 Å². The van der Waals surface area contributed by atoms with Crippen molar-refractivity contribution in [2.75, 3.05) is 0 Å². The lowest BCUT2D eigenvalue weighted by molar-refractivity contribution is 0.612. The van der Waals surface area contributed by atoms with Crippen LogP contribution in [-0.4, -0.2) is 8.07 Å². The van der Waals surface area contributed by atoms with Crippen LogP contribution in [0.4, 0.5) is 0 Å². The first kappa shape index (κ1) is 10.3. The number of rotatable bonds is 0. The fourth-order valence-electron chi connectivity index (χ4n) is 2.20. The standard InChI is InChI=1S/C11H24Si/c1-11-9-7-5-4-6-8-10-12(11,2)3/h11H,4-10H2,1-3H3. The molecule has 1 aliphatic heterocycles. The largest absolute Gasteiger partial charge is 0.0692 e. The third-order valence-corrected chi connectivity index (χ3v) is 8.39. The highest BCUT2D eigenvalue weighted by Gasteiger charge is 2.27. The van der Waals surface area contributed by atoms with Gasteiger partial charge in [-0.25, -0.2) is 0 Å². The summed E-state index contributed by atoms with van der Waals surface area (Å²) in [4.78, 5) is 0. The van der Waals surface area contributed by atoms with E-state index in [4.69, 9.17) is 0 Å². The Kier molecular flexibility index (Phi) is 3.82.